The van der Waals surface area contributed by atoms with Gasteiger partial charge in [0, 0.05) is 29.2 Å². The fraction of sp³-hybridized carbons (Fsp3) is 0.125. The minimum atomic E-state index is -1.54. The molecule has 0 atom stereocenters. The van der Waals surface area contributed by atoms with Gasteiger partial charge in [0.25, 0.3) is 11.8 Å². The van der Waals surface area contributed by atoms with Gasteiger partial charge in [-0.3, -0.25) is 9.59 Å². The van der Waals surface area contributed by atoms with Crippen molar-refractivity contribution in [2.45, 2.75) is 12.0 Å². The summed E-state index contributed by atoms with van der Waals surface area (Å²) >= 11 is 0. The first-order valence-corrected chi connectivity index (χ1v) is 10.00. The fourth-order valence-corrected chi connectivity index (χ4v) is 3.85. The molecule has 1 aromatic heterocycles. The molecule has 2 heterocycles. The summed E-state index contributed by atoms with van der Waals surface area (Å²) in [5.74, 6) is -2.43. The van der Waals surface area contributed by atoms with E-state index in [1.165, 1.54) is 47.5 Å². The van der Waals surface area contributed by atoms with E-state index in [1.807, 2.05) is 24.3 Å². The SMILES string of the molecule is NC(=O)C1(OC(=O)C2=CN(C(=O)c3ccc(F)cc3)CCc3c2[nH]c2ccccc32)C=C1. The zero-order chi connectivity index (χ0) is 22.5. The highest BCUT2D eigenvalue weighted by atomic mass is 19.1. The number of nitrogens with zero attached hydrogens (tertiary/aromatic N) is 1. The first-order chi connectivity index (χ1) is 15.4. The minimum absolute atomic E-state index is 0.0958. The quantitative estimate of drug-likeness (QED) is 0.489. The Hall–Kier alpha value is -4.20. The second-order valence-electron chi connectivity index (χ2n) is 7.70. The number of aromatic nitrogens is 1. The highest BCUT2D eigenvalue weighted by Crippen LogP contribution is 2.35. The van der Waals surface area contributed by atoms with Crippen LogP contribution in [0.1, 0.15) is 21.6 Å². The molecule has 3 N–H and O–H groups in total. The molecule has 2 amide bonds. The Morgan fingerprint density at radius 3 is 2.47 bits per heavy atom. The van der Waals surface area contributed by atoms with Crippen molar-refractivity contribution in [1.29, 1.82) is 0 Å². The van der Waals surface area contributed by atoms with E-state index < -0.39 is 23.3 Å². The van der Waals surface area contributed by atoms with Gasteiger partial charge in [0.2, 0.25) is 5.60 Å². The number of para-hydroxylation sites is 1. The van der Waals surface area contributed by atoms with Crippen molar-refractivity contribution in [3.63, 3.8) is 0 Å². The van der Waals surface area contributed by atoms with Crippen LogP contribution < -0.4 is 5.73 Å². The number of esters is 1. The maximum Gasteiger partial charge on any atom is 0.343 e. The molecule has 32 heavy (non-hydrogen) atoms. The third kappa shape index (κ3) is 3.26. The van der Waals surface area contributed by atoms with Crippen LogP contribution in [0.5, 0.6) is 0 Å². The third-order valence-electron chi connectivity index (χ3n) is 5.66. The van der Waals surface area contributed by atoms with Crippen LogP contribution >= 0.6 is 0 Å². The Kier molecular flexibility index (Phi) is 4.44. The van der Waals surface area contributed by atoms with Gasteiger partial charge in [-0.1, -0.05) is 18.2 Å². The number of H-pyrrole nitrogens is 1. The van der Waals surface area contributed by atoms with Crippen molar-refractivity contribution in [1.82, 2.24) is 9.88 Å². The highest BCUT2D eigenvalue weighted by Gasteiger charge is 2.46. The number of ether oxygens (including phenoxy) is 1. The molecule has 2 aromatic carbocycles. The average molecular weight is 431 g/mol. The van der Waals surface area contributed by atoms with Gasteiger partial charge in [-0.25, -0.2) is 9.18 Å². The van der Waals surface area contributed by atoms with E-state index >= 15 is 0 Å². The van der Waals surface area contributed by atoms with E-state index in [4.69, 9.17) is 10.5 Å². The predicted molar refractivity (Wildman–Crippen MR) is 115 cm³/mol. The second kappa shape index (κ2) is 7.19. The number of hydrogen-bond acceptors (Lipinski definition) is 4. The zero-order valence-electron chi connectivity index (χ0n) is 16.8. The van der Waals surface area contributed by atoms with E-state index in [0.29, 0.717) is 18.7 Å². The molecule has 1 aliphatic carbocycles. The highest BCUT2D eigenvalue weighted by molar-refractivity contribution is 6.19. The Balaban J connectivity index is 1.57. The molecule has 0 saturated carbocycles. The standard InChI is InChI=1S/C24H18FN3O4/c25-15-7-5-14(6-8-15)21(29)28-12-9-17-16-3-1-2-4-19(16)27-20(17)18(13-28)22(30)32-24(10-11-24)23(26)31/h1-8,10-11,13,27H,9,12H2,(H2,26,31). The number of halogens is 1. The first kappa shape index (κ1) is 19.7. The lowest BCUT2D eigenvalue weighted by molar-refractivity contribution is -0.149. The number of benzene rings is 2. The second-order valence-corrected chi connectivity index (χ2v) is 7.70. The fourth-order valence-electron chi connectivity index (χ4n) is 3.85. The predicted octanol–water partition coefficient (Wildman–Crippen LogP) is 2.68. The molecule has 0 bridgehead atoms. The minimum Gasteiger partial charge on any atom is -0.437 e. The van der Waals surface area contributed by atoms with Crippen LogP contribution in [0.2, 0.25) is 0 Å². The van der Waals surface area contributed by atoms with Gasteiger partial charge < -0.3 is 20.4 Å². The molecular weight excluding hydrogens is 413 g/mol. The van der Waals surface area contributed by atoms with Crippen LogP contribution in [0.15, 0.2) is 66.9 Å². The van der Waals surface area contributed by atoms with Crippen molar-refractivity contribution in [2.24, 2.45) is 5.73 Å². The molecule has 3 aromatic rings. The smallest absolute Gasteiger partial charge is 0.343 e. The molecule has 0 spiro atoms. The van der Waals surface area contributed by atoms with Gasteiger partial charge in [0.05, 0.1) is 11.3 Å². The molecule has 0 radical (unpaired) electrons. The maximum atomic E-state index is 13.3. The topological polar surface area (TPSA) is 105 Å². The van der Waals surface area contributed by atoms with Crippen LogP contribution in [-0.2, 0) is 20.7 Å². The number of carbonyl (C=O) groups excluding carboxylic acids is 3. The Bertz CT molecular complexity index is 1330. The van der Waals surface area contributed by atoms with Crippen LogP contribution in [-0.4, -0.2) is 39.8 Å². The molecule has 5 rings (SSSR count). The molecule has 8 heteroatoms. The number of primary amides is 1. The summed E-state index contributed by atoms with van der Waals surface area (Å²) in [7, 11) is 0. The number of hydrogen-bond donors (Lipinski definition) is 2. The van der Waals surface area contributed by atoms with Crippen molar-refractivity contribution >= 4 is 34.3 Å². The normalized spacial score (nSPS) is 16.2. The Morgan fingerprint density at radius 2 is 1.78 bits per heavy atom. The maximum absolute atomic E-state index is 13.3. The lowest BCUT2D eigenvalue weighted by Gasteiger charge is -2.19. The van der Waals surface area contributed by atoms with Crippen LogP contribution in [0, 0.1) is 5.82 Å². The first-order valence-electron chi connectivity index (χ1n) is 10.00. The van der Waals surface area contributed by atoms with Crippen LogP contribution in [0.25, 0.3) is 16.5 Å². The van der Waals surface area contributed by atoms with Crippen molar-refractivity contribution in [3.8, 4) is 0 Å². The summed E-state index contributed by atoms with van der Waals surface area (Å²) < 4.78 is 18.7. The van der Waals surface area contributed by atoms with Crippen molar-refractivity contribution in [2.75, 3.05) is 6.54 Å². The number of amides is 2. The van der Waals surface area contributed by atoms with Crippen molar-refractivity contribution in [3.05, 3.63) is 89.5 Å². The molecule has 0 saturated heterocycles. The lowest BCUT2D eigenvalue weighted by atomic mass is 10.0. The summed E-state index contributed by atoms with van der Waals surface area (Å²) in [6.45, 7) is 0.293. The molecule has 0 unspecified atom stereocenters. The Morgan fingerprint density at radius 1 is 1.06 bits per heavy atom. The van der Waals surface area contributed by atoms with Gasteiger partial charge in [0.15, 0.2) is 0 Å². The van der Waals surface area contributed by atoms with E-state index in [-0.39, 0.29) is 17.0 Å². The summed E-state index contributed by atoms with van der Waals surface area (Å²) in [4.78, 5) is 42.6. The number of aromatic amines is 1. The Labute approximate surface area is 182 Å². The molecule has 2 aliphatic rings. The zero-order valence-corrected chi connectivity index (χ0v) is 16.8. The van der Waals surface area contributed by atoms with E-state index in [2.05, 4.69) is 4.98 Å². The summed E-state index contributed by atoms with van der Waals surface area (Å²) in [5, 5.41) is 0.923. The van der Waals surface area contributed by atoms with Gasteiger partial charge in [0.1, 0.15) is 5.82 Å². The van der Waals surface area contributed by atoms with E-state index in [1.54, 1.807) is 0 Å². The molecule has 7 nitrogen and oxygen atoms in total. The van der Waals surface area contributed by atoms with E-state index in [0.717, 1.165) is 16.5 Å². The van der Waals surface area contributed by atoms with Crippen LogP contribution in [0.3, 0.4) is 0 Å². The number of rotatable bonds is 4. The monoisotopic (exact) mass is 431 g/mol. The molecular formula is C24H18FN3O4. The largest absolute Gasteiger partial charge is 0.437 e. The number of fused-ring (bicyclic) bond motifs is 3. The lowest BCUT2D eigenvalue weighted by Crippen LogP contribution is -2.37. The summed E-state index contributed by atoms with van der Waals surface area (Å²) in [5.41, 5.74) is 6.41. The molecule has 0 fully saturated rings. The van der Waals surface area contributed by atoms with Gasteiger partial charge in [-0.2, -0.15) is 0 Å². The van der Waals surface area contributed by atoms with Gasteiger partial charge >= 0.3 is 5.97 Å². The number of carbonyl (C=O) groups is 3. The summed E-state index contributed by atoms with van der Waals surface area (Å²) in [6.07, 6.45) is 4.68. The van der Waals surface area contributed by atoms with Crippen LogP contribution in [0.4, 0.5) is 4.39 Å². The average Bonchev–Trinajstić information content (AvgIpc) is 3.52. The number of nitrogens with one attached hydrogen (secondary N) is 1. The summed E-state index contributed by atoms with van der Waals surface area (Å²) in [6, 6.07) is 12.8. The van der Waals surface area contributed by atoms with Gasteiger partial charge in [-0.15, -0.1) is 0 Å². The van der Waals surface area contributed by atoms with E-state index in [9.17, 15) is 18.8 Å². The molecule has 1 aliphatic heterocycles. The third-order valence-corrected chi connectivity index (χ3v) is 5.66. The molecule has 160 valence electrons. The van der Waals surface area contributed by atoms with Crippen molar-refractivity contribution < 1.29 is 23.5 Å². The number of nitrogens with two attached hydrogens (primary N) is 1. The van der Waals surface area contributed by atoms with Gasteiger partial charge in [-0.05, 0) is 54.5 Å².